The van der Waals surface area contributed by atoms with E-state index in [0.29, 0.717) is 5.56 Å². The molecule has 182 valence electrons. The number of phenolic OH excluding ortho intramolecular Hbond substituents is 1. The Morgan fingerprint density at radius 3 is 1.88 bits per heavy atom. The van der Waals surface area contributed by atoms with Gasteiger partial charge in [-0.2, -0.15) is 12.6 Å². The highest BCUT2D eigenvalue weighted by atomic mass is 32.1. The number of amides is 3. The molecule has 0 fully saturated rings. The van der Waals surface area contributed by atoms with Crippen molar-refractivity contribution in [2.45, 2.75) is 37.0 Å². The van der Waals surface area contributed by atoms with Gasteiger partial charge in [-0.15, -0.1) is 0 Å². The number of thiol groups is 1. The fourth-order valence-corrected chi connectivity index (χ4v) is 2.81. The second kappa shape index (κ2) is 13.2. The van der Waals surface area contributed by atoms with Gasteiger partial charge in [0.25, 0.3) is 0 Å². The van der Waals surface area contributed by atoms with E-state index in [2.05, 4.69) is 23.3 Å². The smallest absolute Gasteiger partial charge is 0.326 e. The summed E-state index contributed by atoms with van der Waals surface area (Å²) in [5.74, 6) is -6.00. The summed E-state index contributed by atoms with van der Waals surface area (Å²) >= 11 is 3.96. The number of aliphatic carboxylic acids is 2. The van der Waals surface area contributed by atoms with Crippen molar-refractivity contribution >= 4 is 42.3 Å². The van der Waals surface area contributed by atoms with Crippen LogP contribution in [0.4, 0.5) is 0 Å². The van der Waals surface area contributed by atoms with Gasteiger partial charge >= 0.3 is 11.9 Å². The Balaban J connectivity index is 2.99. The highest BCUT2D eigenvalue weighted by molar-refractivity contribution is 7.80. The topological polar surface area (TPSA) is 228 Å². The highest BCUT2D eigenvalue weighted by Crippen LogP contribution is 2.12. The number of carbonyl (C=O) groups excluding carboxylic acids is 3. The van der Waals surface area contributed by atoms with Crippen LogP contribution in [-0.4, -0.2) is 86.6 Å². The highest BCUT2D eigenvalue weighted by Gasteiger charge is 2.30. The zero-order valence-electron chi connectivity index (χ0n) is 17.3. The van der Waals surface area contributed by atoms with Gasteiger partial charge in [0.15, 0.2) is 0 Å². The maximum atomic E-state index is 12.8. The first-order valence-corrected chi connectivity index (χ1v) is 10.2. The fraction of sp³-hybridized carbons (Fsp3) is 0.421. The number of rotatable bonds is 13. The van der Waals surface area contributed by atoms with E-state index >= 15 is 0 Å². The molecule has 4 unspecified atom stereocenters. The van der Waals surface area contributed by atoms with Crippen molar-refractivity contribution in [3.05, 3.63) is 29.8 Å². The number of aliphatic hydroxyl groups excluding tert-OH is 1. The monoisotopic (exact) mass is 486 g/mol. The van der Waals surface area contributed by atoms with Crippen molar-refractivity contribution in [2.75, 3.05) is 12.4 Å². The maximum Gasteiger partial charge on any atom is 0.326 e. The molecule has 0 saturated carbocycles. The van der Waals surface area contributed by atoms with Crippen molar-refractivity contribution < 1.29 is 44.4 Å². The molecule has 0 aromatic heterocycles. The predicted octanol–water partition coefficient (Wildman–Crippen LogP) is -2.80. The first-order chi connectivity index (χ1) is 15.5. The maximum absolute atomic E-state index is 12.8. The summed E-state index contributed by atoms with van der Waals surface area (Å²) in [6, 6.07) is 0.0700. The van der Waals surface area contributed by atoms with Crippen LogP contribution in [0.2, 0.25) is 0 Å². The number of carboxylic acids is 2. The van der Waals surface area contributed by atoms with E-state index in [0.717, 1.165) is 0 Å². The number of hydrogen-bond acceptors (Lipinski definition) is 9. The van der Waals surface area contributed by atoms with Crippen molar-refractivity contribution in [1.82, 2.24) is 16.0 Å². The van der Waals surface area contributed by atoms with Crippen molar-refractivity contribution in [1.29, 1.82) is 0 Å². The molecule has 13 nitrogen and oxygen atoms in total. The number of benzene rings is 1. The van der Waals surface area contributed by atoms with Crippen LogP contribution in [0.3, 0.4) is 0 Å². The van der Waals surface area contributed by atoms with Crippen LogP contribution in [0, 0.1) is 0 Å². The summed E-state index contributed by atoms with van der Waals surface area (Å²) in [5, 5.41) is 43.0. The normalized spacial score (nSPS) is 14.3. The van der Waals surface area contributed by atoms with Crippen LogP contribution < -0.4 is 21.7 Å². The van der Waals surface area contributed by atoms with E-state index in [-0.39, 0.29) is 17.9 Å². The summed E-state index contributed by atoms with van der Waals surface area (Å²) in [4.78, 5) is 59.3. The Morgan fingerprint density at radius 2 is 1.39 bits per heavy atom. The SMILES string of the molecule is NC(CO)C(=O)NC(Cc1ccc(O)cc1)C(=O)NC(CS)C(=O)NC(CC(=O)O)C(=O)O. The fourth-order valence-electron chi connectivity index (χ4n) is 2.55. The minimum atomic E-state index is -1.73. The molecule has 0 radical (unpaired) electrons. The van der Waals surface area contributed by atoms with Crippen molar-refractivity contribution in [3.63, 3.8) is 0 Å². The number of hydrogen-bond donors (Lipinski definition) is 9. The third-order valence-corrected chi connectivity index (χ3v) is 4.72. The van der Waals surface area contributed by atoms with Gasteiger partial charge in [-0.25, -0.2) is 4.79 Å². The number of aliphatic hydroxyl groups is 1. The van der Waals surface area contributed by atoms with E-state index < -0.39 is 66.9 Å². The van der Waals surface area contributed by atoms with Crippen LogP contribution in [0.1, 0.15) is 12.0 Å². The number of aromatic hydroxyl groups is 1. The standard InChI is InChI=1S/C19H26N4O9S/c20-11(7-24)16(28)21-12(5-9-1-3-10(25)4-2-9)17(29)23-14(8-33)18(30)22-13(19(31)32)6-15(26)27/h1-4,11-14,24-25,33H,5-8,20H2,(H,21,28)(H,22,30)(H,23,29)(H,26,27)(H,31,32). The summed E-state index contributed by atoms with van der Waals surface area (Å²) in [5.41, 5.74) is 6.00. The molecule has 9 N–H and O–H groups in total. The van der Waals surface area contributed by atoms with Crippen LogP contribution in [0.25, 0.3) is 0 Å². The van der Waals surface area contributed by atoms with Crippen LogP contribution in [-0.2, 0) is 30.4 Å². The number of nitrogens with two attached hydrogens (primary N) is 1. The lowest BCUT2D eigenvalue weighted by Gasteiger charge is -2.24. The van der Waals surface area contributed by atoms with Gasteiger partial charge in [0.2, 0.25) is 17.7 Å². The zero-order chi connectivity index (χ0) is 25.1. The van der Waals surface area contributed by atoms with E-state index in [1.807, 2.05) is 5.32 Å². The first-order valence-electron chi connectivity index (χ1n) is 9.59. The van der Waals surface area contributed by atoms with E-state index in [4.69, 9.17) is 21.1 Å². The van der Waals surface area contributed by atoms with Gasteiger partial charge in [0.1, 0.15) is 29.9 Å². The average Bonchev–Trinajstić information content (AvgIpc) is 2.76. The lowest BCUT2D eigenvalue weighted by Crippen LogP contribution is -2.58. The van der Waals surface area contributed by atoms with E-state index in [1.165, 1.54) is 24.3 Å². The molecule has 0 heterocycles. The largest absolute Gasteiger partial charge is 0.508 e. The molecule has 0 spiro atoms. The molecule has 0 aliphatic rings. The summed E-state index contributed by atoms with van der Waals surface area (Å²) in [7, 11) is 0. The van der Waals surface area contributed by atoms with Gasteiger partial charge in [-0.05, 0) is 17.7 Å². The lowest BCUT2D eigenvalue weighted by atomic mass is 10.0. The van der Waals surface area contributed by atoms with Gasteiger partial charge in [0.05, 0.1) is 13.0 Å². The summed E-state index contributed by atoms with van der Waals surface area (Å²) in [6.45, 7) is -0.679. The van der Waals surface area contributed by atoms with Crippen LogP contribution >= 0.6 is 12.6 Å². The van der Waals surface area contributed by atoms with E-state index in [9.17, 15) is 29.1 Å². The molecular weight excluding hydrogens is 460 g/mol. The molecule has 1 rings (SSSR count). The summed E-state index contributed by atoms with van der Waals surface area (Å²) in [6.07, 6.45) is -0.958. The van der Waals surface area contributed by atoms with E-state index in [1.54, 1.807) is 0 Å². The van der Waals surface area contributed by atoms with Crippen LogP contribution in [0.5, 0.6) is 5.75 Å². The second-order valence-electron chi connectivity index (χ2n) is 6.96. The average molecular weight is 487 g/mol. The predicted molar refractivity (Wildman–Crippen MR) is 116 cm³/mol. The molecule has 0 aliphatic carbocycles. The number of carbonyl (C=O) groups is 5. The Bertz CT molecular complexity index is 865. The van der Waals surface area contributed by atoms with Crippen molar-refractivity contribution in [3.8, 4) is 5.75 Å². The molecule has 3 amide bonds. The molecule has 1 aromatic carbocycles. The Morgan fingerprint density at radius 1 is 0.879 bits per heavy atom. The molecule has 1 aromatic rings. The van der Waals surface area contributed by atoms with Gasteiger partial charge < -0.3 is 42.1 Å². The number of phenols is 1. The molecule has 0 bridgehead atoms. The molecule has 0 saturated heterocycles. The molecule has 0 aliphatic heterocycles. The lowest BCUT2D eigenvalue weighted by molar-refractivity contribution is -0.147. The third kappa shape index (κ3) is 9.34. The third-order valence-electron chi connectivity index (χ3n) is 4.35. The molecule has 33 heavy (non-hydrogen) atoms. The van der Waals surface area contributed by atoms with Crippen LogP contribution in [0.15, 0.2) is 24.3 Å². The molecule has 4 atom stereocenters. The minimum Gasteiger partial charge on any atom is -0.508 e. The summed E-state index contributed by atoms with van der Waals surface area (Å²) < 4.78 is 0. The Kier molecular flexibility index (Phi) is 11.1. The molecule has 14 heteroatoms. The van der Waals surface area contributed by atoms with Crippen molar-refractivity contribution in [2.24, 2.45) is 5.73 Å². The number of carboxylic acid groups (broad SMARTS) is 2. The van der Waals surface area contributed by atoms with Gasteiger partial charge in [-0.1, -0.05) is 12.1 Å². The second-order valence-corrected chi connectivity index (χ2v) is 7.33. The first kappa shape index (κ1) is 27.7. The Hall–Kier alpha value is -3.36. The van der Waals surface area contributed by atoms with Gasteiger partial charge in [-0.3, -0.25) is 19.2 Å². The number of nitrogens with one attached hydrogen (secondary N) is 3. The molecular formula is C19H26N4O9S. The Labute approximate surface area is 193 Å². The quantitative estimate of drug-likeness (QED) is 0.130. The minimum absolute atomic E-state index is 0.0211. The zero-order valence-corrected chi connectivity index (χ0v) is 18.2. The van der Waals surface area contributed by atoms with Gasteiger partial charge in [0, 0.05) is 12.2 Å².